The molecule has 1 aromatic heterocycles. The van der Waals surface area contributed by atoms with Gasteiger partial charge in [-0.1, -0.05) is 48.5 Å². The van der Waals surface area contributed by atoms with E-state index in [1.807, 2.05) is 48.5 Å². The summed E-state index contributed by atoms with van der Waals surface area (Å²) >= 11 is 0. The number of nitrogens with one attached hydrogen (secondary N) is 2. The Morgan fingerprint density at radius 3 is 2.32 bits per heavy atom. The third-order valence-corrected chi connectivity index (χ3v) is 3.58. The Bertz CT molecular complexity index is 892. The van der Waals surface area contributed by atoms with Crippen LogP contribution in [0.4, 0.5) is 10.5 Å². The Labute approximate surface area is 145 Å². The molecule has 1 heterocycles. The number of hydrogen-bond acceptors (Lipinski definition) is 3. The second-order valence-corrected chi connectivity index (χ2v) is 5.39. The Morgan fingerprint density at radius 1 is 0.920 bits per heavy atom. The van der Waals surface area contributed by atoms with Crippen LogP contribution in [0.25, 0.3) is 11.3 Å². The Morgan fingerprint density at radius 2 is 1.60 bits per heavy atom. The van der Waals surface area contributed by atoms with Crippen molar-refractivity contribution in [1.29, 1.82) is 0 Å². The average molecular weight is 334 g/mol. The van der Waals surface area contributed by atoms with E-state index in [2.05, 4.69) is 15.7 Å². The van der Waals surface area contributed by atoms with Gasteiger partial charge in [-0.2, -0.15) is 5.10 Å². The summed E-state index contributed by atoms with van der Waals surface area (Å²) in [5, 5.41) is 9.79. The molecule has 2 aromatic carbocycles. The minimum absolute atomic E-state index is 0.204. The van der Waals surface area contributed by atoms with Crippen molar-refractivity contribution in [2.45, 2.75) is 6.54 Å². The van der Waals surface area contributed by atoms with Crippen molar-refractivity contribution >= 4 is 11.7 Å². The first kappa shape index (κ1) is 16.4. The molecule has 0 fully saturated rings. The third kappa shape index (κ3) is 4.54. The predicted molar refractivity (Wildman–Crippen MR) is 97.4 cm³/mol. The summed E-state index contributed by atoms with van der Waals surface area (Å²) in [4.78, 5) is 23.8. The summed E-state index contributed by atoms with van der Waals surface area (Å²) in [6.45, 7) is 0.589. The van der Waals surface area contributed by atoms with Crippen LogP contribution in [0.2, 0.25) is 0 Å². The zero-order chi connectivity index (χ0) is 17.5. The summed E-state index contributed by atoms with van der Waals surface area (Å²) < 4.78 is 1.35. The van der Waals surface area contributed by atoms with E-state index in [4.69, 9.17) is 0 Å². The zero-order valence-electron chi connectivity index (χ0n) is 13.6. The highest BCUT2D eigenvalue weighted by Crippen LogP contribution is 2.13. The summed E-state index contributed by atoms with van der Waals surface area (Å²) in [6.07, 6.45) is 0. The molecule has 25 heavy (non-hydrogen) atoms. The largest absolute Gasteiger partial charge is 0.336 e. The van der Waals surface area contributed by atoms with Gasteiger partial charge >= 0.3 is 6.03 Å². The molecule has 0 saturated carbocycles. The number of nitrogens with zero attached hydrogens (tertiary/aromatic N) is 2. The minimum Gasteiger partial charge on any atom is -0.336 e. The fraction of sp³-hybridized carbons (Fsp3) is 0.105. The Balaban J connectivity index is 1.59. The average Bonchev–Trinajstić information content (AvgIpc) is 2.65. The lowest BCUT2D eigenvalue weighted by Crippen LogP contribution is -2.34. The number of anilines is 1. The Kier molecular flexibility index (Phi) is 5.21. The van der Waals surface area contributed by atoms with Gasteiger partial charge in [-0.25, -0.2) is 9.48 Å². The van der Waals surface area contributed by atoms with Crippen LogP contribution < -0.4 is 16.2 Å². The van der Waals surface area contributed by atoms with Crippen LogP contribution in [-0.4, -0.2) is 22.4 Å². The van der Waals surface area contributed by atoms with Gasteiger partial charge in [-0.05, 0) is 18.2 Å². The number of urea groups is 1. The molecule has 0 unspecified atom stereocenters. The summed E-state index contributed by atoms with van der Waals surface area (Å²) in [5.74, 6) is 0. The molecule has 0 bridgehead atoms. The molecule has 6 nitrogen and oxygen atoms in total. The van der Waals surface area contributed by atoms with E-state index in [-0.39, 0.29) is 11.6 Å². The third-order valence-electron chi connectivity index (χ3n) is 3.58. The van der Waals surface area contributed by atoms with Crippen LogP contribution >= 0.6 is 0 Å². The van der Waals surface area contributed by atoms with Gasteiger partial charge in [-0.3, -0.25) is 4.79 Å². The van der Waals surface area contributed by atoms with E-state index in [9.17, 15) is 9.59 Å². The second-order valence-electron chi connectivity index (χ2n) is 5.39. The number of carbonyl (C=O) groups excluding carboxylic acids is 1. The number of carbonyl (C=O) groups is 1. The van der Waals surface area contributed by atoms with E-state index >= 15 is 0 Å². The molecule has 0 aliphatic carbocycles. The Hall–Kier alpha value is -3.41. The van der Waals surface area contributed by atoms with Gasteiger partial charge in [0.15, 0.2) is 0 Å². The quantitative estimate of drug-likeness (QED) is 0.753. The van der Waals surface area contributed by atoms with Crippen LogP contribution in [0.3, 0.4) is 0 Å². The molecule has 0 aliphatic heterocycles. The smallest absolute Gasteiger partial charge is 0.319 e. The molecule has 0 atom stereocenters. The van der Waals surface area contributed by atoms with E-state index in [1.54, 1.807) is 18.2 Å². The fourth-order valence-corrected chi connectivity index (χ4v) is 2.34. The van der Waals surface area contributed by atoms with Gasteiger partial charge < -0.3 is 10.6 Å². The maximum Gasteiger partial charge on any atom is 0.319 e. The maximum absolute atomic E-state index is 11.9. The van der Waals surface area contributed by atoms with Crippen LogP contribution in [0.15, 0.2) is 77.6 Å². The van der Waals surface area contributed by atoms with E-state index in [0.29, 0.717) is 24.5 Å². The standard InChI is InChI=1S/C19H18N4O2/c24-18-12-11-17(15-7-3-1-4-8-15)22-23(18)14-13-20-19(25)21-16-9-5-2-6-10-16/h1-12H,13-14H2,(H2,20,21,25). The van der Waals surface area contributed by atoms with Crippen LogP contribution in [0.5, 0.6) is 0 Å². The highest BCUT2D eigenvalue weighted by molar-refractivity contribution is 5.89. The topological polar surface area (TPSA) is 76.0 Å². The van der Waals surface area contributed by atoms with Gasteiger partial charge in [0.2, 0.25) is 0 Å². The van der Waals surface area contributed by atoms with Crippen molar-refractivity contribution in [3.8, 4) is 11.3 Å². The van der Waals surface area contributed by atoms with E-state index in [0.717, 1.165) is 5.56 Å². The van der Waals surface area contributed by atoms with Crippen molar-refractivity contribution in [2.75, 3.05) is 11.9 Å². The normalized spacial score (nSPS) is 10.2. The molecule has 3 aromatic rings. The number of benzene rings is 2. The zero-order valence-corrected chi connectivity index (χ0v) is 13.6. The fourth-order valence-electron chi connectivity index (χ4n) is 2.34. The lowest BCUT2D eigenvalue weighted by atomic mass is 10.1. The number of aromatic nitrogens is 2. The SMILES string of the molecule is O=C(NCCn1nc(-c2ccccc2)ccc1=O)Nc1ccccc1. The van der Waals surface area contributed by atoms with E-state index in [1.165, 1.54) is 10.7 Å². The van der Waals surface area contributed by atoms with Gasteiger partial charge in [0.25, 0.3) is 5.56 Å². The molecular weight excluding hydrogens is 316 g/mol. The lowest BCUT2D eigenvalue weighted by Gasteiger charge is -2.09. The highest BCUT2D eigenvalue weighted by atomic mass is 16.2. The number of hydrogen-bond donors (Lipinski definition) is 2. The van der Waals surface area contributed by atoms with Crippen molar-refractivity contribution < 1.29 is 4.79 Å². The lowest BCUT2D eigenvalue weighted by molar-refractivity contribution is 0.251. The van der Waals surface area contributed by atoms with Gasteiger partial charge in [-0.15, -0.1) is 0 Å². The van der Waals surface area contributed by atoms with Crippen LogP contribution in [0.1, 0.15) is 0 Å². The molecule has 0 spiro atoms. The van der Waals surface area contributed by atoms with Gasteiger partial charge in [0, 0.05) is 23.9 Å². The van der Waals surface area contributed by atoms with Crippen molar-refractivity contribution in [3.05, 3.63) is 83.2 Å². The first-order chi connectivity index (χ1) is 12.2. The summed E-state index contributed by atoms with van der Waals surface area (Å²) in [6, 6.07) is 21.7. The van der Waals surface area contributed by atoms with Crippen LogP contribution in [0, 0.1) is 0 Å². The molecule has 0 saturated heterocycles. The molecule has 126 valence electrons. The second kappa shape index (κ2) is 7.92. The van der Waals surface area contributed by atoms with Crippen LogP contribution in [-0.2, 0) is 6.54 Å². The molecule has 0 radical (unpaired) electrons. The van der Waals surface area contributed by atoms with Gasteiger partial charge in [0.1, 0.15) is 0 Å². The molecule has 2 amide bonds. The van der Waals surface area contributed by atoms with Crippen molar-refractivity contribution in [2.24, 2.45) is 0 Å². The summed E-state index contributed by atoms with van der Waals surface area (Å²) in [7, 11) is 0. The molecular formula is C19H18N4O2. The minimum atomic E-state index is -0.321. The summed E-state index contributed by atoms with van der Waals surface area (Å²) in [5.41, 5.74) is 2.16. The van der Waals surface area contributed by atoms with Gasteiger partial charge in [0.05, 0.1) is 12.2 Å². The molecule has 2 N–H and O–H groups in total. The predicted octanol–water partition coefficient (Wildman–Crippen LogP) is 2.73. The number of para-hydroxylation sites is 1. The first-order valence-electron chi connectivity index (χ1n) is 7.96. The monoisotopic (exact) mass is 334 g/mol. The first-order valence-corrected chi connectivity index (χ1v) is 7.96. The van der Waals surface area contributed by atoms with Crippen molar-refractivity contribution in [3.63, 3.8) is 0 Å². The maximum atomic E-state index is 11.9. The molecule has 3 rings (SSSR count). The highest BCUT2D eigenvalue weighted by Gasteiger charge is 2.04. The number of amides is 2. The molecule has 6 heteroatoms. The molecule has 0 aliphatic rings. The van der Waals surface area contributed by atoms with E-state index < -0.39 is 0 Å². The van der Waals surface area contributed by atoms with Crippen molar-refractivity contribution in [1.82, 2.24) is 15.1 Å². The number of rotatable bonds is 5.